The van der Waals surface area contributed by atoms with Crippen molar-refractivity contribution in [2.45, 2.75) is 30.5 Å². The second-order valence-electron chi connectivity index (χ2n) is 3.13. The summed E-state index contributed by atoms with van der Waals surface area (Å²) in [4.78, 5) is 0. The van der Waals surface area contributed by atoms with Crippen LogP contribution in [0.3, 0.4) is 0 Å². The minimum atomic E-state index is -5.59. The monoisotopic (exact) mass is 238 g/mol. The normalized spacial score (nSPS) is 23.6. The van der Waals surface area contributed by atoms with Crippen LogP contribution in [0.4, 0.5) is 26.3 Å². The molecule has 1 heterocycles. The number of alkyl halides is 6. The van der Waals surface area contributed by atoms with Crippen molar-refractivity contribution in [3.63, 3.8) is 0 Å². The SMILES string of the molecule is FC(F)(F)[Si]1(C(F)(F)F)CCCCO1. The molecule has 84 valence electrons. The van der Waals surface area contributed by atoms with E-state index in [9.17, 15) is 26.3 Å². The Labute approximate surface area is 77.2 Å². The zero-order valence-electron chi connectivity index (χ0n) is 7.00. The summed E-state index contributed by atoms with van der Waals surface area (Å²) in [7, 11) is -5.59. The van der Waals surface area contributed by atoms with E-state index in [1.54, 1.807) is 0 Å². The molecular weight excluding hydrogens is 230 g/mol. The van der Waals surface area contributed by atoms with Gasteiger partial charge >= 0.3 is 19.9 Å². The Bertz CT molecular complexity index is 187. The van der Waals surface area contributed by atoms with Gasteiger partial charge in [0.05, 0.1) is 0 Å². The highest BCUT2D eigenvalue weighted by atomic mass is 28.4. The molecule has 0 aromatic heterocycles. The first-order valence-electron chi connectivity index (χ1n) is 3.98. The van der Waals surface area contributed by atoms with Crippen molar-refractivity contribution in [2.24, 2.45) is 0 Å². The summed E-state index contributed by atoms with van der Waals surface area (Å²) in [5.41, 5.74) is 0. The molecule has 0 unspecified atom stereocenters. The molecule has 1 rings (SSSR count). The maximum Gasteiger partial charge on any atom is 0.433 e. The highest BCUT2D eigenvalue weighted by Gasteiger charge is 2.76. The summed E-state index contributed by atoms with van der Waals surface area (Å²) >= 11 is 0. The fourth-order valence-corrected chi connectivity index (χ4v) is 4.00. The van der Waals surface area contributed by atoms with Crippen LogP contribution < -0.4 is 0 Å². The number of hydrogen-bond acceptors (Lipinski definition) is 1. The van der Waals surface area contributed by atoms with E-state index in [-0.39, 0.29) is 12.8 Å². The van der Waals surface area contributed by atoms with E-state index < -0.39 is 32.6 Å². The third-order valence-electron chi connectivity index (χ3n) is 2.19. The standard InChI is InChI=1S/C6H8F6OSi/c7-5(8,9)14(6(10,11)12)4-2-1-3-13-14/h1-4H2. The van der Waals surface area contributed by atoms with Crippen LogP contribution in [0, 0.1) is 0 Å². The largest absolute Gasteiger partial charge is 0.433 e. The predicted molar refractivity (Wildman–Crippen MR) is 37.9 cm³/mol. The second-order valence-corrected chi connectivity index (χ2v) is 6.70. The molecule has 1 aliphatic heterocycles. The van der Waals surface area contributed by atoms with E-state index in [0.29, 0.717) is 0 Å². The molecule has 0 amide bonds. The molecule has 14 heavy (non-hydrogen) atoms. The highest BCUT2D eigenvalue weighted by Crippen LogP contribution is 2.46. The van der Waals surface area contributed by atoms with E-state index in [1.807, 2.05) is 0 Å². The minimum absolute atomic E-state index is 0.0642. The topological polar surface area (TPSA) is 9.23 Å². The molecule has 1 nitrogen and oxygen atoms in total. The molecule has 1 aliphatic rings. The van der Waals surface area contributed by atoms with Gasteiger partial charge in [0.2, 0.25) is 0 Å². The van der Waals surface area contributed by atoms with Crippen molar-refractivity contribution < 1.29 is 30.8 Å². The molecule has 1 fully saturated rings. The highest BCUT2D eigenvalue weighted by molar-refractivity contribution is 6.77. The van der Waals surface area contributed by atoms with Crippen LogP contribution >= 0.6 is 0 Å². The zero-order chi connectivity index (χ0) is 11.0. The van der Waals surface area contributed by atoms with Gasteiger partial charge in [0, 0.05) is 6.61 Å². The third kappa shape index (κ3) is 1.77. The molecule has 0 bridgehead atoms. The Morgan fingerprint density at radius 3 is 1.57 bits per heavy atom. The number of rotatable bonds is 0. The maximum atomic E-state index is 12.3. The molecule has 0 aromatic carbocycles. The van der Waals surface area contributed by atoms with Gasteiger partial charge in [0.15, 0.2) is 0 Å². The summed E-state index contributed by atoms with van der Waals surface area (Å²) in [5.74, 6) is -10.5. The lowest BCUT2D eigenvalue weighted by molar-refractivity contribution is -0.142. The van der Waals surface area contributed by atoms with E-state index in [1.165, 1.54) is 0 Å². The van der Waals surface area contributed by atoms with Crippen LogP contribution in [-0.4, -0.2) is 26.5 Å². The molecule has 0 aliphatic carbocycles. The van der Waals surface area contributed by atoms with Crippen LogP contribution in [0.1, 0.15) is 12.8 Å². The molecule has 1 saturated heterocycles. The summed E-state index contributed by atoms with van der Waals surface area (Å²) in [5, 5.41) is 0. The van der Waals surface area contributed by atoms with Gasteiger partial charge in [-0.1, -0.05) is 6.42 Å². The molecule has 0 aromatic rings. The van der Waals surface area contributed by atoms with Crippen LogP contribution in [-0.2, 0) is 4.43 Å². The van der Waals surface area contributed by atoms with Gasteiger partial charge in [-0.25, -0.2) is 0 Å². The maximum absolute atomic E-state index is 12.3. The smallest absolute Gasteiger partial charge is 0.402 e. The molecule has 8 heteroatoms. The summed E-state index contributed by atoms with van der Waals surface area (Å²) in [6.45, 7) is -0.439. The van der Waals surface area contributed by atoms with E-state index >= 15 is 0 Å². The third-order valence-corrected chi connectivity index (χ3v) is 5.77. The molecule has 0 saturated carbocycles. The van der Waals surface area contributed by atoms with Gasteiger partial charge < -0.3 is 4.43 Å². The van der Waals surface area contributed by atoms with Gasteiger partial charge in [0.25, 0.3) is 0 Å². The van der Waals surface area contributed by atoms with Crippen LogP contribution in [0.5, 0.6) is 0 Å². The first-order valence-corrected chi connectivity index (χ1v) is 6.10. The van der Waals surface area contributed by atoms with Crippen molar-refractivity contribution in [2.75, 3.05) is 6.61 Å². The Hall–Kier alpha value is -0.243. The lowest BCUT2D eigenvalue weighted by Crippen LogP contribution is -2.65. The number of halogens is 6. The molecule has 0 atom stereocenters. The van der Waals surface area contributed by atoms with E-state index in [0.717, 1.165) is 0 Å². The summed E-state index contributed by atoms with van der Waals surface area (Å²) < 4.78 is 77.9. The van der Waals surface area contributed by atoms with E-state index in [2.05, 4.69) is 4.43 Å². The first kappa shape index (κ1) is 11.8. The average Bonchev–Trinajstić information content (AvgIpc) is 2.02. The second kappa shape index (κ2) is 3.40. The van der Waals surface area contributed by atoms with Crippen LogP contribution in [0.25, 0.3) is 0 Å². The Balaban J connectivity index is 3.01. The van der Waals surface area contributed by atoms with Crippen molar-refractivity contribution in [3.05, 3.63) is 0 Å². The lowest BCUT2D eigenvalue weighted by atomic mass is 10.4. The predicted octanol–water partition coefficient (Wildman–Crippen LogP) is 2.95. The summed E-state index contributed by atoms with van der Waals surface area (Å²) in [6, 6.07) is -0.903. The number of hydrogen-bond donors (Lipinski definition) is 0. The van der Waals surface area contributed by atoms with Gasteiger partial charge in [0.1, 0.15) is 0 Å². The van der Waals surface area contributed by atoms with Crippen molar-refractivity contribution in [3.8, 4) is 0 Å². The van der Waals surface area contributed by atoms with Crippen LogP contribution in [0.15, 0.2) is 0 Å². The van der Waals surface area contributed by atoms with Gasteiger partial charge in [-0.05, 0) is 12.5 Å². The molecule has 0 radical (unpaired) electrons. The molecular formula is C6H8F6OSi. The minimum Gasteiger partial charge on any atom is -0.402 e. The van der Waals surface area contributed by atoms with Crippen molar-refractivity contribution >= 4 is 8.32 Å². The fourth-order valence-electron chi connectivity index (χ4n) is 1.40. The van der Waals surface area contributed by atoms with Crippen molar-refractivity contribution in [1.29, 1.82) is 0 Å². The lowest BCUT2D eigenvalue weighted by Gasteiger charge is -2.36. The van der Waals surface area contributed by atoms with Gasteiger partial charge in [-0.3, -0.25) is 0 Å². The zero-order valence-corrected chi connectivity index (χ0v) is 8.00. The Morgan fingerprint density at radius 2 is 1.36 bits per heavy atom. The average molecular weight is 238 g/mol. The molecule has 0 spiro atoms. The quantitative estimate of drug-likeness (QED) is 0.465. The first-order chi connectivity index (χ1) is 6.21. The summed E-state index contributed by atoms with van der Waals surface area (Å²) in [6.07, 6.45) is 0.201. The van der Waals surface area contributed by atoms with E-state index in [4.69, 9.17) is 0 Å². The van der Waals surface area contributed by atoms with Crippen LogP contribution in [0.2, 0.25) is 6.04 Å². The Morgan fingerprint density at radius 1 is 0.857 bits per heavy atom. The van der Waals surface area contributed by atoms with Crippen molar-refractivity contribution in [1.82, 2.24) is 0 Å². The van der Waals surface area contributed by atoms with Gasteiger partial charge in [-0.15, -0.1) is 0 Å². The fraction of sp³-hybridized carbons (Fsp3) is 1.00. The molecule has 0 N–H and O–H groups in total. The van der Waals surface area contributed by atoms with Gasteiger partial charge in [-0.2, -0.15) is 26.3 Å². The Kier molecular flexibility index (Phi) is 2.88.